The molecule has 2 aliphatic rings. The number of hydrogen-bond acceptors (Lipinski definition) is 3. The van der Waals surface area contributed by atoms with Crippen LogP contribution < -0.4 is 5.32 Å². The number of aromatic nitrogens is 2. The van der Waals surface area contributed by atoms with Crippen LogP contribution in [-0.2, 0) is 4.79 Å². The van der Waals surface area contributed by atoms with Gasteiger partial charge in [-0.25, -0.2) is 4.98 Å². The van der Waals surface area contributed by atoms with Crippen molar-refractivity contribution in [1.29, 1.82) is 0 Å². The summed E-state index contributed by atoms with van der Waals surface area (Å²) >= 11 is 0. The second kappa shape index (κ2) is 6.89. The molecule has 1 saturated carbocycles. The monoisotopic (exact) mass is 373 g/mol. The normalized spacial score (nSPS) is 19.7. The fourth-order valence-electron chi connectivity index (χ4n) is 4.75. The van der Waals surface area contributed by atoms with Crippen molar-refractivity contribution in [1.82, 2.24) is 9.55 Å². The third-order valence-corrected chi connectivity index (χ3v) is 6.13. The maximum atomic E-state index is 13.2. The van der Waals surface area contributed by atoms with Gasteiger partial charge in [-0.3, -0.25) is 14.9 Å². The molecule has 5 nitrogen and oxygen atoms in total. The van der Waals surface area contributed by atoms with E-state index in [4.69, 9.17) is 4.98 Å². The second-order valence-electron chi connectivity index (χ2n) is 7.82. The van der Waals surface area contributed by atoms with Gasteiger partial charge in [-0.05, 0) is 37.0 Å². The first-order valence-electron chi connectivity index (χ1n) is 10.1. The van der Waals surface area contributed by atoms with Crippen LogP contribution in [0.4, 0.5) is 5.95 Å². The molecular weight excluding hydrogens is 350 g/mol. The zero-order valence-corrected chi connectivity index (χ0v) is 15.7. The van der Waals surface area contributed by atoms with Crippen LogP contribution in [0.15, 0.2) is 48.5 Å². The largest absolute Gasteiger partial charge is 0.307 e. The van der Waals surface area contributed by atoms with E-state index in [-0.39, 0.29) is 17.6 Å². The highest BCUT2D eigenvalue weighted by Gasteiger charge is 2.32. The lowest BCUT2D eigenvalue weighted by Crippen LogP contribution is -2.28. The Hall–Kier alpha value is -2.95. The van der Waals surface area contributed by atoms with E-state index in [2.05, 4.69) is 16.0 Å². The number of carbonyl (C=O) groups is 2. The van der Waals surface area contributed by atoms with Gasteiger partial charge >= 0.3 is 0 Å². The molecule has 5 rings (SSSR count). The number of amides is 1. The van der Waals surface area contributed by atoms with Crippen LogP contribution in [0, 0.1) is 0 Å². The number of anilines is 1. The predicted octanol–water partition coefficient (Wildman–Crippen LogP) is 4.85. The Morgan fingerprint density at radius 2 is 1.75 bits per heavy atom. The highest BCUT2D eigenvalue weighted by molar-refractivity contribution is 6.04. The molecular formula is C23H23N3O2. The maximum Gasteiger partial charge on any atom is 0.234 e. The van der Waals surface area contributed by atoms with Crippen molar-refractivity contribution in [3.8, 4) is 0 Å². The summed E-state index contributed by atoms with van der Waals surface area (Å²) in [6.45, 7) is 0. The van der Waals surface area contributed by atoms with Crippen molar-refractivity contribution >= 4 is 28.7 Å². The Labute approximate surface area is 163 Å². The second-order valence-corrected chi connectivity index (χ2v) is 7.82. The zero-order chi connectivity index (χ0) is 19.1. The number of hydrogen-bond donors (Lipinski definition) is 1. The maximum absolute atomic E-state index is 13.2. The van der Waals surface area contributed by atoms with Gasteiger partial charge in [-0.1, -0.05) is 49.2 Å². The van der Waals surface area contributed by atoms with Gasteiger partial charge in [-0.2, -0.15) is 0 Å². The van der Waals surface area contributed by atoms with E-state index in [1.807, 2.05) is 42.5 Å². The summed E-state index contributed by atoms with van der Waals surface area (Å²) in [5, 5.41) is 3.10. The number of fused-ring (bicyclic) bond motifs is 2. The van der Waals surface area contributed by atoms with Crippen molar-refractivity contribution < 1.29 is 9.59 Å². The van der Waals surface area contributed by atoms with Crippen LogP contribution in [0.2, 0.25) is 0 Å². The molecule has 2 aliphatic carbocycles. The van der Waals surface area contributed by atoms with E-state index in [0.29, 0.717) is 30.4 Å². The molecule has 1 fully saturated rings. The minimum Gasteiger partial charge on any atom is -0.307 e. The Bertz CT molecular complexity index is 1060. The number of carbonyl (C=O) groups excluding carboxylic acids is 2. The molecule has 1 atom stereocenters. The first-order valence-corrected chi connectivity index (χ1v) is 10.1. The summed E-state index contributed by atoms with van der Waals surface area (Å²) in [6.07, 6.45) is 5.61. The molecule has 1 N–H and O–H groups in total. The molecule has 0 saturated heterocycles. The number of imidazole rings is 1. The number of para-hydroxylation sites is 2. The SMILES string of the molecule is O=C1CCC(C(=O)Nc2nc3ccccc3n2C2CCCC2)c2ccccc21. The number of nitrogens with zero attached hydrogens (tertiary/aromatic N) is 2. The molecule has 1 aromatic heterocycles. The zero-order valence-electron chi connectivity index (χ0n) is 15.7. The van der Waals surface area contributed by atoms with Crippen LogP contribution in [0.3, 0.4) is 0 Å². The number of rotatable bonds is 3. The van der Waals surface area contributed by atoms with Crippen molar-refractivity contribution in [2.24, 2.45) is 0 Å². The van der Waals surface area contributed by atoms with Gasteiger partial charge in [0, 0.05) is 18.0 Å². The lowest BCUT2D eigenvalue weighted by Gasteiger charge is -2.24. The lowest BCUT2D eigenvalue weighted by molar-refractivity contribution is -0.117. The summed E-state index contributed by atoms with van der Waals surface area (Å²) in [6, 6.07) is 15.9. The van der Waals surface area contributed by atoms with Crippen LogP contribution in [0.25, 0.3) is 11.0 Å². The number of benzene rings is 2. The number of ketones is 1. The highest BCUT2D eigenvalue weighted by atomic mass is 16.2. The predicted molar refractivity (Wildman–Crippen MR) is 109 cm³/mol. The molecule has 5 heteroatoms. The number of nitrogens with one attached hydrogen (secondary N) is 1. The van der Waals surface area contributed by atoms with Gasteiger partial charge in [0.2, 0.25) is 11.9 Å². The quantitative estimate of drug-likeness (QED) is 0.714. The molecule has 1 unspecified atom stereocenters. The fourth-order valence-corrected chi connectivity index (χ4v) is 4.75. The molecule has 142 valence electrons. The van der Waals surface area contributed by atoms with E-state index >= 15 is 0 Å². The molecule has 3 aromatic rings. The van der Waals surface area contributed by atoms with Crippen LogP contribution >= 0.6 is 0 Å². The van der Waals surface area contributed by atoms with E-state index in [1.165, 1.54) is 12.8 Å². The Kier molecular flexibility index (Phi) is 4.23. The van der Waals surface area contributed by atoms with Crippen molar-refractivity contribution in [3.63, 3.8) is 0 Å². The summed E-state index contributed by atoms with van der Waals surface area (Å²) < 4.78 is 2.21. The summed E-state index contributed by atoms with van der Waals surface area (Å²) in [5.74, 6) is 0.366. The van der Waals surface area contributed by atoms with Gasteiger partial charge in [0.25, 0.3) is 0 Å². The molecule has 0 radical (unpaired) electrons. The van der Waals surface area contributed by atoms with E-state index in [9.17, 15) is 9.59 Å². The molecule has 1 heterocycles. The Morgan fingerprint density at radius 1 is 1.00 bits per heavy atom. The Balaban J connectivity index is 1.51. The van der Waals surface area contributed by atoms with Crippen molar-refractivity contribution in [2.75, 3.05) is 5.32 Å². The smallest absolute Gasteiger partial charge is 0.234 e. The standard InChI is InChI=1S/C23H23N3O2/c27-21-14-13-18(16-9-3-4-10-17(16)21)22(28)25-23-24-19-11-5-6-12-20(19)26(23)15-7-1-2-8-15/h3-6,9-12,15,18H,1-2,7-8,13-14H2,(H,24,25,28). The molecule has 1 amide bonds. The average molecular weight is 373 g/mol. The van der Waals surface area contributed by atoms with Gasteiger partial charge in [0.1, 0.15) is 0 Å². The third kappa shape index (κ3) is 2.82. The van der Waals surface area contributed by atoms with E-state index in [0.717, 1.165) is 29.4 Å². The molecule has 0 spiro atoms. The van der Waals surface area contributed by atoms with Crippen LogP contribution in [0.1, 0.15) is 66.4 Å². The summed E-state index contributed by atoms with van der Waals surface area (Å²) in [7, 11) is 0. The van der Waals surface area contributed by atoms with Crippen LogP contribution in [-0.4, -0.2) is 21.2 Å². The van der Waals surface area contributed by atoms with E-state index in [1.54, 1.807) is 0 Å². The van der Waals surface area contributed by atoms with Crippen molar-refractivity contribution in [2.45, 2.75) is 50.5 Å². The molecule has 0 bridgehead atoms. The summed E-state index contributed by atoms with van der Waals surface area (Å²) in [5.41, 5.74) is 3.49. The third-order valence-electron chi connectivity index (χ3n) is 6.13. The first kappa shape index (κ1) is 17.2. The minimum atomic E-state index is -0.314. The molecule has 28 heavy (non-hydrogen) atoms. The van der Waals surface area contributed by atoms with Gasteiger partial charge in [-0.15, -0.1) is 0 Å². The van der Waals surface area contributed by atoms with Gasteiger partial charge in [0.05, 0.1) is 17.0 Å². The first-order chi connectivity index (χ1) is 13.7. The fraction of sp³-hybridized carbons (Fsp3) is 0.348. The number of Topliss-reactive ketones (excluding diaryl/α,β-unsaturated/α-hetero) is 1. The summed E-state index contributed by atoms with van der Waals surface area (Å²) in [4.78, 5) is 30.1. The van der Waals surface area contributed by atoms with Crippen molar-refractivity contribution in [3.05, 3.63) is 59.7 Å². The minimum absolute atomic E-state index is 0.0745. The van der Waals surface area contributed by atoms with E-state index < -0.39 is 0 Å². The topological polar surface area (TPSA) is 64.0 Å². The Morgan fingerprint density at radius 3 is 2.61 bits per heavy atom. The molecule has 0 aliphatic heterocycles. The lowest BCUT2D eigenvalue weighted by atomic mass is 9.81. The van der Waals surface area contributed by atoms with Crippen LogP contribution in [0.5, 0.6) is 0 Å². The molecule has 2 aromatic carbocycles. The van der Waals surface area contributed by atoms with Gasteiger partial charge in [0.15, 0.2) is 5.78 Å². The van der Waals surface area contributed by atoms with Gasteiger partial charge < -0.3 is 4.57 Å². The average Bonchev–Trinajstić information content (AvgIpc) is 3.35. The highest BCUT2D eigenvalue weighted by Crippen LogP contribution is 2.37.